The van der Waals surface area contributed by atoms with Crippen molar-refractivity contribution >= 4 is 21.9 Å². The van der Waals surface area contributed by atoms with E-state index in [1.54, 1.807) is 13.0 Å². The number of hydrogen-bond donors (Lipinski definition) is 1. The summed E-state index contributed by atoms with van der Waals surface area (Å²) in [6.07, 6.45) is 2.70. The highest BCUT2D eigenvalue weighted by Gasteiger charge is 2.28. The fourth-order valence-electron chi connectivity index (χ4n) is 2.93. The number of benzene rings is 1. The number of piperidine rings is 1. The van der Waals surface area contributed by atoms with E-state index in [2.05, 4.69) is 5.32 Å². The molecule has 1 aliphatic heterocycles. The molecule has 0 radical (unpaired) electrons. The molecule has 156 valence electrons. The Labute approximate surface area is 167 Å². The molecule has 8 heteroatoms. The van der Waals surface area contributed by atoms with Crippen LogP contribution in [-0.4, -0.2) is 50.3 Å². The van der Waals surface area contributed by atoms with Crippen LogP contribution in [0.3, 0.4) is 0 Å². The van der Waals surface area contributed by atoms with Crippen LogP contribution in [0.5, 0.6) is 0 Å². The molecule has 1 atom stereocenters. The number of hydrogen-bond acceptors (Lipinski definition) is 5. The first-order valence-corrected chi connectivity index (χ1v) is 11.1. The van der Waals surface area contributed by atoms with Gasteiger partial charge in [-0.1, -0.05) is 26.3 Å². The molecule has 0 spiro atoms. The molecular weight excluding hydrogens is 380 g/mol. The summed E-state index contributed by atoms with van der Waals surface area (Å²) in [5.74, 6) is -0.843. The third-order valence-electron chi connectivity index (χ3n) is 5.08. The Morgan fingerprint density at radius 1 is 1.14 bits per heavy atom. The minimum absolute atomic E-state index is 0.0353. The van der Waals surface area contributed by atoms with Gasteiger partial charge in [0.15, 0.2) is 6.61 Å². The summed E-state index contributed by atoms with van der Waals surface area (Å²) in [5, 5.41) is 2.76. The van der Waals surface area contributed by atoms with Crippen LogP contribution in [0.2, 0.25) is 0 Å². The summed E-state index contributed by atoms with van der Waals surface area (Å²) in [5.41, 5.74) is 0.691. The zero-order valence-corrected chi connectivity index (χ0v) is 17.8. The smallest absolute Gasteiger partial charge is 0.338 e. The quantitative estimate of drug-likeness (QED) is 0.697. The molecule has 7 nitrogen and oxygen atoms in total. The summed E-state index contributed by atoms with van der Waals surface area (Å²) in [7, 11) is -3.66. The van der Waals surface area contributed by atoms with E-state index < -0.39 is 22.6 Å². The van der Waals surface area contributed by atoms with E-state index in [1.165, 1.54) is 16.4 Å². The maximum absolute atomic E-state index is 12.9. The second-order valence-electron chi connectivity index (χ2n) is 7.62. The first-order valence-electron chi connectivity index (χ1n) is 9.70. The van der Waals surface area contributed by atoms with Crippen molar-refractivity contribution in [2.24, 2.45) is 5.92 Å². The van der Waals surface area contributed by atoms with Gasteiger partial charge in [-0.15, -0.1) is 0 Å². The SMILES string of the molecule is Cc1ccc(C(=O)OCC(=O)N[C@H](C)C(C)C)cc1S(=O)(=O)N1CCCCC1. The normalized spacial score (nSPS) is 16.6. The predicted octanol–water partition coefficient (Wildman–Crippen LogP) is 2.49. The van der Waals surface area contributed by atoms with Gasteiger partial charge in [0.1, 0.15) is 0 Å². The monoisotopic (exact) mass is 410 g/mol. The van der Waals surface area contributed by atoms with Gasteiger partial charge in [-0.05, 0) is 50.3 Å². The van der Waals surface area contributed by atoms with Gasteiger partial charge >= 0.3 is 5.97 Å². The van der Waals surface area contributed by atoms with Gasteiger partial charge in [-0.3, -0.25) is 4.79 Å². The molecule has 1 amide bonds. The Hall–Kier alpha value is -1.93. The second-order valence-corrected chi connectivity index (χ2v) is 9.53. The van der Waals surface area contributed by atoms with E-state index in [1.807, 2.05) is 20.8 Å². The van der Waals surface area contributed by atoms with E-state index >= 15 is 0 Å². The minimum atomic E-state index is -3.66. The molecule has 1 aromatic rings. The zero-order valence-electron chi connectivity index (χ0n) is 17.0. The van der Waals surface area contributed by atoms with Crippen LogP contribution in [-0.2, 0) is 19.6 Å². The van der Waals surface area contributed by atoms with Crippen molar-refractivity contribution in [1.82, 2.24) is 9.62 Å². The van der Waals surface area contributed by atoms with Gasteiger partial charge in [-0.2, -0.15) is 4.31 Å². The van der Waals surface area contributed by atoms with E-state index in [-0.39, 0.29) is 28.3 Å². The topological polar surface area (TPSA) is 92.8 Å². The van der Waals surface area contributed by atoms with Crippen LogP contribution < -0.4 is 5.32 Å². The van der Waals surface area contributed by atoms with Crippen LogP contribution in [0.15, 0.2) is 23.1 Å². The lowest BCUT2D eigenvalue weighted by Crippen LogP contribution is -2.38. The van der Waals surface area contributed by atoms with E-state index in [4.69, 9.17) is 4.74 Å². The summed E-state index contributed by atoms with van der Waals surface area (Å²) < 4.78 is 32.4. The molecule has 1 fully saturated rings. The number of ether oxygens (including phenoxy) is 1. The Kier molecular flexibility index (Phi) is 7.60. The molecule has 0 unspecified atom stereocenters. The van der Waals surface area contributed by atoms with E-state index in [0.717, 1.165) is 19.3 Å². The lowest BCUT2D eigenvalue weighted by atomic mass is 10.1. The van der Waals surface area contributed by atoms with Crippen molar-refractivity contribution in [3.05, 3.63) is 29.3 Å². The fourth-order valence-corrected chi connectivity index (χ4v) is 4.69. The predicted molar refractivity (Wildman–Crippen MR) is 107 cm³/mol. The second kappa shape index (κ2) is 9.52. The molecule has 0 bridgehead atoms. The van der Waals surface area contributed by atoms with Crippen LogP contribution in [0.4, 0.5) is 0 Å². The van der Waals surface area contributed by atoms with Crippen molar-refractivity contribution in [1.29, 1.82) is 0 Å². The van der Waals surface area contributed by atoms with Crippen LogP contribution in [0.1, 0.15) is 56.0 Å². The summed E-state index contributed by atoms with van der Waals surface area (Å²) in [6.45, 7) is 8.11. The maximum atomic E-state index is 12.9. The molecule has 2 rings (SSSR count). The fraction of sp³-hybridized carbons (Fsp3) is 0.600. The molecule has 1 N–H and O–H groups in total. The van der Waals surface area contributed by atoms with Gasteiger partial charge in [0.05, 0.1) is 10.5 Å². The number of aryl methyl sites for hydroxylation is 1. The van der Waals surface area contributed by atoms with E-state index in [0.29, 0.717) is 18.7 Å². The highest BCUT2D eigenvalue weighted by atomic mass is 32.2. The van der Waals surface area contributed by atoms with Crippen molar-refractivity contribution in [2.45, 2.75) is 57.9 Å². The number of carbonyl (C=O) groups is 2. The average molecular weight is 411 g/mol. The first-order chi connectivity index (χ1) is 13.1. The number of amides is 1. The molecular formula is C20H30N2O5S. The molecule has 1 aliphatic rings. The molecule has 1 saturated heterocycles. The number of rotatable bonds is 7. The zero-order chi connectivity index (χ0) is 20.9. The van der Waals surface area contributed by atoms with Crippen molar-refractivity contribution in [3.8, 4) is 0 Å². The van der Waals surface area contributed by atoms with E-state index in [9.17, 15) is 18.0 Å². The largest absolute Gasteiger partial charge is 0.452 e. The molecule has 0 saturated carbocycles. The standard InChI is InChI=1S/C20H30N2O5S/c1-14(2)16(4)21-19(23)13-27-20(24)17-9-8-15(3)18(12-17)28(25,26)22-10-6-5-7-11-22/h8-9,12,14,16H,5-7,10-11,13H2,1-4H3,(H,21,23)/t16-/m1/s1. The van der Waals surface area contributed by atoms with Crippen molar-refractivity contribution in [2.75, 3.05) is 19.7 Å². The summed E-state index contributed by atoms with van der Waals surface area (Å²) >= 11 is 0. The lowest BCUT2D eigenvalue weighted by molar-refractivity contribution is -0.125. The number of nitrogens with one attached hydrogen (secondary N) is 1. The van der Waals surface area contributed by atoms with Crippen LogP contribution in [0.25, 0.3) is 0 Å². The summed E-state index contributed by atoms with van der Waals surface area (Å²) in [4.78, 5) is 24.3. The molecule has 0 aromatic heterocycles. The van der Waals surface area contributed by atoms with Gasteiger partial charge < -0.3 is 10.1 Å². The maximum Gasteiger partial charge on any atom is 0.338 e. The third-order valence-corrected chi connectivity index (χ3v) is 7.12. The van der Waals surface area contributed by atoms with Crippen molar-refractivity contribution < 1.29 is 22.7 Å². The summed E-state index contributed by atoms with van der Waals surface area (Å²) in [6, 6.07) is 4.42. The van der Waals surface area contributed by atoms with Crippen LogP contribution >= 0.6 is 0 Å². The molecule has 0 aliphatic carbocycles. The number of carbonyl (C=O) groups excluding carboxylic acids is 2. The highest BCUT2D eigenvalue weighted by molar-refractivity contribution is 7.89. The Bertz CT molecular complexity index is 814. The first kappa shape index (κ1) is 22.4. The molecule has 1 heterocycles. The Morgan fingerprint density at radius 2 is 1.79 bits per heavy atom. The lowest BCUT2D eigenvalue weighted by Gasteiger charge is -2.26. The number of sulfonamides is 1. The Balaban J connectivity index is 2.09. The molecule has 28 heavy (non-hydrogen) atoms. The third kappa shape index (κ3) is 5.54. The van der Waals surface area contributed by atoms with Crippen LogP contribution in [0, 0.1) is 12.8 Å². The van der Waals surface area contributed by atoms with Gasteiger partial charge in [0, 0.05) is 19.1 Å². The van der Waals surface area contributed by atoms with Gasteiger partial charge in [-0.25, -0.2) is 13.2 Å². The number of nitrogens with zero attached hydrogens (tertiary/aromatic N) is 1. The average Bonchev–Trinajstić information content (AvgIpc) is 2.66. The minimum Gasteiger partial charge on any atom is -0.452 e. The van der Waals surface area contributed by atoms with Gasteiger partial charge in [0.2, 0.25) is 10.0 Å². The highest BCUT2D eigenvalue weighted by Crippen LogP contribution is 2.24. The van der Waals surface area contributed by atoms with Crippen molar-refractivity contribution in [3.63, 3.8) is 0 Å². The number of esters is 1. The Morgan fingerprint density at radius 3 is 2.39 bits per heavy atom. The van der Waals surface area contributed by atoms with Gasteiger partial charge in [0.25, 0.3) is 5.91 Å². The molecule has 1 aromatic carbocycles.